The second-order valence-corrected chi connectivity index (χ2v) is 10.8. The number of carbonyl (C=O) groups excluding carboxylic acids is 3. The first-order valence-corrected chi connectivity index (χ1v) is 13.2. The maximum Gasteiger partial charge on any atom is 0.326 e. The van der Waals surface area contributed by atoms with Crippen LogP contribution in [0.25, 0.3) is 0 Å². The molecule has 1 aromatic heterocycles. The lowest BCUT2D eigenvalue weighted by Crippen LogP contribution is -2.32. The first kappa shape index (κ1) is 24.6. The van der Waals surface area contributed by atoms with E-state index in [1.807, 2.05) is 0 Å². The summed E-state index contributed by atoms with van der Waals surface area (Å²) in [4.78, 5) is 54.1. The Morgan fingerprint density at radius 3 is 2.36 bits per heavy atom. The average molecular weight is 545 g/mol. The standard InChI is InChI=1S/C25H21ClN2O6S2/c1-3-34-17(29)12-27-24-21(36-25(27)32)18(13-4-6-14(26)7-5-13)19-20(35-24)23(31)28(22(19)30)15-8-10-16(33-2)11-9-15/h4-11,18-20H,3,12H2,1-2H3/t18-,19-,20+/m0/s1. The molecular weight excluding hydrogens is 524 g/mol. The molecule has 2 aliphatic heterocycles. The van der Waals surface area contributed by atoms with Gasteiger partial charge in [-0.3, -0.25) is 23.7 Å². The summed E-state index contributed by atoms with van der Waals surface area (Å²) in [5.41, 5.74) is 1.21. The fourth-order valence-corrected chi connectivity index (χ4v) is 7.51. The van der Waals surface area contributed by atoms with Crippen LogP contribution >= 0.6 is 34.7 Å². The van der Waals surface area contributed by atoms with E-state index in [9.17, 15) is 19.2 Å². The molecule has 0 N–H and O–H groups in total. The molecule has 1 fully saturated rings. The van der Waals surface area contributed by atoms with Crippen LogP contribution < -0.4 is 14.5 Å². The van der Waals surface area contributed by atoms with Crippen molar-refractivity contribution in [1.29, 1.82) is 0 Å². The van der Waals surface area contributed by atoms with Crippen LogP contribution in [0.3, 0.4) is 0 Å². The number of thiazole rings is 1. The Morgan fingerprint density at radius 2 is 1.72 bits per heavy atom. The molecule has 0 bridgehead atoms. The zero-order valence-electron chi connectivity index (χ0n) is 19.3. The van der Waals surface area contributed by atoms with Crippen molar-refractivity contribution in [1.82, 2.24) is 4.57 Å². The Bertz CT molecular complexity index is 1400. The topological polar surface area (TPSA) is 94.9 Å². The molecule has 0 radical (unpaired) electrons. The number of methoxy groups -OCH3 is 1. The monoisotopic (exact) mass is 544 g/mol. The number of halogens is 1. The molecule has 186 valence electrons. The molecule has 0 unspecified atom stereocenters. The van der Waals surface area contributed by atoms with Gasteiger partial charge in [0.2, 0.25) is 11.8 Å². The van der Waals surface area contributed by atoms with Crippen molar-refractivity contribution in [3.05, 3.63) is 73.7 Å². The molecule has 0 saturated carbocycles. The number of aromatic nitrogens is 1. The number of fused-ring (bicyclic) bond motifs is 2. The van der Waals surface area contributed by atoms with Gasteiger partial charge < -0.3 is 9.47 Å². The molecule has 0 aliphatic carbocycles. The minimum atomic E-state index is -0.768. The summed E-state index contributed by atoms with van der Waals surface area (Å²) in [5, 5.41) is 0.273. The number of rotatable bonds is 6. The predicted molar refractivity (Wildman–Crippen MR) is 137 cm³/mol. The van der Waals surface area contributed by atoms with Gasteiger partial charge in [-0.15, -0.1) is 0 Å². The second kappa shape index (κ2) is 9.76. The summed E-state index contributed by atoms with van der Waals surface area (Å²) in [7, 11) is 1.54. The van der Waals surface area contributed by atoms with Gasteiger partial charge in [-0.25, -0.2) is 4.90 Å². The summed E-state index contributed by atoms with van der Waals surface area (Å²) in [6, 6.07) is 13.8. The highest BCUT2D eigenvalue weighted by Crippen LogP contribution is 2.54. The van der Waals surface area contributed by atoms with Crippen LogP contribution in [-0.2, 0) is 25.7 Å². The molecule has 8 nitrogen and oxygen atoms in total. The number of benzene rings is 2. The Morgan fingerprint density at radius 1 is 1.03 bits per heavy atom. The summed E-state index contributed by atoms with van der Waals surface area (Å²) < 4.78 is 11.6. The maximum absolute atomic E-state index is 13.8. The third-order valence-electron chi connectivity index (χ3n) is 6.20. The predicted octanol–water partition coefficient (Wildman–Crippen LogP) is 3.93. The van der Waals surface area contributed by atoms with Gasteiger partial charge in [0.25, 0.3) is 0 Å². The van der Waals surface area contributed by atoms with E-state index >= 15 is 0 Å². The molecule has 1 saturated heterocycles. The fraction of sp³-hybridized carbons (Fsp3) is 0.280. The van der Waals surface area contributed by atoms with E-state index in [-0.39, 0.29) is 29.8 Å². The Hall–Kier alpha value is -3.08. The highest BCUT2D eigenvalue weighted by molar-refractivity contribution is 8.00. The largest absolute Gasteiger partial charge is 0.497 e. The maximum atomic E-state index is 13.8. The van der Waals surface area contributed by atoms with E-state index in [2.05, 4.69) is 0 Å². The molecule has 36 heavy (non-hydrogen) atoms. The lowest BCUT2D eigenvalue weighted by atomic mass is 9.83. The van der Waals surface area contributed by atoms with Crippen molar-refractivity contribution in [2.45, 2.75) is 29.7 Å². The molecule has 5 rings (SSSR count). The number of esters is 1. The van der Waals surface area contributed by atoms with Gasteiger partial charge in [-0.1, -0.05) is 46.8 Å². The van der Waals surface area contributed by atoms with Gasteiger partial charge in [0.15, 0.2) is 0 Å². The molecule has 0 spiro atoms. The lowest BCUT2D eigenvalue weighted by molar-refractivity contribution is -0.144. The molecule has 11 heteroatoms. The van der Waals surface area contributed by atoms with Crippen molar-refractivity contribution in [2.24, 2.45) is 5.92 Å². The summed E-state index contributed by atoms with van der Waals surface area (Å²) in [6.07, 6.45) is 0. The van der Waals surface area contributed by atoms with Crippen LogP contribution in [0.4, 0.5) is 5.69 Å². The van der Waals surface area contributed by atoms with Crippen LogP contribution in [0.15, 0.2) is 58.4 Å². The second-order valence-electron chi connectivity index (χ2n) is 8.23. The number of amides is 2. The number of hydrogen-bond acceptors (Lipinski definition) is 8. The molecule has 3 heterocycles. The highest BCUT2D eigenvalue weighted by Gasteiger charge is 2.56. The summed E-state index contributed by atoms with van der Waals surface area (Å²) in [5.74, 6) is -1.93. The third-order valence-corrected chi connectivity index (χ3v) is 9.06. The zero-order valence-corrected chi connectivity index (χ0v) is 21.7. The zero-order chi connectivity index (χ0) is 25.6. The molecule has 3 aromatic rings. The Balaban J connectivity index is 1.62. The van der Waals surface area contributed by atoms with E-state index in [1.54, 1.807) is 55.5 Å². The average Bonchev–Trinajstić information content (AvgIpc) is 3.31. The van der Waals surface area contributed by atoms with Crippen molar-refractivity contribution >= 4 is 58.2 Å². The van der Waals surface area contributed by atoms with Crippen LogP contribution in [-0.4, -0.2) is 41.3 Å². The Kier molecular flexibility index (Phi) is 6.67. The normalized spacial score (nSPS) is 20.8. The number of thioether (sulfide) groups is 1. The van der Waals surface area contributed by atoms with E-state index in [4.69, 9.17) is 21.1 Å². The number of hydrogen-bond donors (Lipinski definition) is 0. The number of anilines is 1. The fourth-order valence-electron chi connectivity index (χ4n) is 4.61. The van der Waals surface area contributed by atoms with Crippen LogP contribution in [0, 0.1) is 5.92 Å². The molecule has 2 amide bonds. The van der Waals surface area contributed by atoms with E-state index in [0.717, 1.165) is 28.7 Å². The molecule has 3 atom stereocenters. The SMILES string of the molecule is CCOC(=O)Cn1c2c(sc1=O)[C@@H](c1ccc(Cl)cc1)[C@@H]1C(=O)N(c3ccc(OC)cc3)C(=O)[C@@H]1S2. The smallest absolute Gasteiger partial charge is 0.326 e. The quantitative estimate of drug-likeness (QED) is 0.343. The van der Waals surface area contributed by atoms with Crippen LogP contribution in [0.2, 0.25) is 5.02 Å². The first-order chi connectivity index (χ1) is 17.3. The van der Waals surface area contributed by atoms with E-state index in [1.165, 1.54) is 16.6 Å². The van der Waals surface area contributed by atoms with Crippen molar-refractivity contribution in [3.63, 3.8) is 0 Å². The van der Waals surface area contributed by atoms with Crippen molar-refractivity contribution in [2.75, 3.05) is 18.6 Å². The van der Waals surface area contributed by atoms with Gasteiger partial charge >= 0.3 is 10.8 Å². The minimum absolute atomic E-state index is 0.189. The van der Waals surface area contributed by atoms with Gasteiger partial charge in [0, 0.05) is 15.8 Å². The number of imide groups is 1. The van der Waals surface area contributed by atoms with Gasteiger partial charge in [-0.05, 0) is 48.9 Å². The van der Waals surface area contributed by atoms with E-state index in [0.29, 0.717) is 26.4 Å². The van der Waals surface area contributed by atoms with Crippen LogP contribution in [0.5, 0.6) is 5.75 Å². The number of carbonyl (C=O) groups is 3. The summed E-state index contributed by atoms with van der Waals surface area (Å²) in [6.45, 7) is 1.62. The highest BCUT2D eigenvalue weighted by atomic mass is 35.5. The molecular formula is C25H21ClN2O6S2. The first-order valence-electron chi connectivity index (χ1n) is 11.2. The van der Waals surface area contributed by atoms with Crippen molar-refractivity contribution < 1.29 is 23.9 Å². The third kappa shape index (κ3) is 4.12. The van der Waals surface area contributed by atoms with Gasteiger partial charge in [0.1, 0.15) is 17.5 Å². The van der Waals surface area contributed by atoms with Gasteiger partial charge in [0.05, 0.1) is 30.3 Å². The van der Waals surface area contributed by atoms with Crippen LogP contribution in [0.1, 0.15) is 23.3 Å². The number of ether oxygens (including phenoxy) is 2. The molecule has 2 aromatic carbocycles. The van der Waals surface area contributed by atoms with Gasteiger partial charge in [-0.2, -0.15) is 0 Å². The number of nitrogens with zero attached hydrogens (tertiary/aromatic N) is 2. The lowest BCUT2D eigenvalue weighted by Gasteiger charge is -2.30. The van der Waals surface area contributed by atoms with Crippen molar-refractivity contribution in [3.8, 4) is 5.75 Å². The Labute approximate surface area is 219 Å². The van der Waals surface area contributed by atoms with E-state index < -0.39 is 23.1 Å². The summed E-state index contributed by atoms with van der Waals surface area (Å²) >= 11 is 8.25. The minimum Gasteiger partial charge on any atom is -0.497 e. The molecule has 2 aliphatic rings.